The number of benzene rings is 3. The van der Waals surface area contributed by atoms with E-state index >= 15 is 0 Å². The highest BCUT2D eigenvalue weighted by molar-refractivity contribution is 7.92. The molecule has 0 fully saturated rings. The molecule has 1 amide bonds. The maximum atomic E-state index is 13.5. The van der Waals surface area contributed by atoms with Crippen LogP contribution in [0.2, 0.25) is 0 Å². The third-order valence-corrected chi connectivity index (χ3v) is 7.40. The first kappa shape index (κ1) is 22.7. The lowest BCUT2D eigenvalue weighted by Crippen LogP contribution is -2.51. The predicted octanol–water partition coefficient (Wildman–Crippen LogP) is 3.84. The molecule has 1 N–H and O–H groups in total. The van der Waals surface area contributed by atoms with Gasteiger partial charge < -0.3 is 14.8 Å². The summed E-state index contributed by atoms with van der Waals surface area (Å²) in [7, 11) is -2.30. The van der Waals surface area contributed by atoms with Crippen LogP contribution < -0.4 is 19.1 Å². The Balaban J connectivity index is 1.59. The minimum Gasteiger partial charge on any atom is -0.497 e. The van der Waals surface area contributed by atoms with E-state index in [-0.39, 0.29) is 17.5 Å². The zero-order valence-electron chi connectivity index (χ0n) is 18.7. The van der Waals surface area contributed by atoms with Crippen LogP contribution >= 0.6 is 0 Å². The van der Waals surface area contributed by atoms with Gasteiger partial charge in [0.05, 0.1) is 30.3 Å². The lowest BCUT2D eigenvalue weighted by atomic mass is 10.1. The number of methoxy groups -OCH3 is 1. The van der Waals surface area contributed by atoms with Gasteiger partial charge in [0.25, 0.3) is 15.9 Å². The molecule has 0 bridgehead atoms. The van der Waals surface area contributed by atoms with Crippen molar-refractivity contribution in [2.75, 3.05) is 18.0 Å². The summed E-state index contributed by atoms with van der Waals surface area (Å²) in [6.07, 6.45) is -0.999. The van der Waals surface area contributed by atoms with E-state index in [1.54, 1.807) is 55.6 Å². The van der Waals surface area contributed by atoms with Crippen LogP contribution in [0.5, 0.6) is 11.5 Å². The second-order valence-corrected chi connectivity index (χ2v) is 9.79. The largest absolute Gasteiger partial charge is 0.497 e. The van der Waals surface area contributed by atoms with Crippen LogP contribution in [0.4, 0.5) is 5.69 Å². The summed E-state index contributed by atoms with van der Waals surface area (Å²) < 4.78 is 39.3. The quantitative estimate of drug-likeness (QED) is 0.597. The zero-order chi connectivity index (χ0) is 23.6. The lowest BCUT2D eigenvalue weighted by Gasteiger charge is -2.35. The molecule has 0 saturated carbocycles. The van der Waals surface area contributed by atoms with Crippen molar-refractivity contribution in [3.05, 3.63) is 83.9 Å². The first-order valence-corrected chi connectivity index (χ1v) is 12.0. The van der Waals surface area contributed by atoms with Crippen LogP contribution in [-0.2, 0) is 14.8 Å². The molecule has 2 atom stereocenters. The number of hydrogen-bond acceptors (Lipinski definition) is 5. The molecular formula is C25H26N2O5S. The van der Waals surface area contributed by atoms with Crippen molar-refractivity contribution in [2.45, 2.75) is 30.9 Å². The Morgan fingerprint density at radius 3 is 2.39 bits per heavy atom. The van der Waals surface area contributed by atoms with Crippen LogP contribution in [0.15, 0.2) is 77.7 Å². The summed E-state index contributed by atoms with van der Waals surface area (Å²) in [6.45, 7) is 3.62. The van der Waals surface area contributed by atoms with Gasteiger partial charge >= 0.3 is 0 Å². The van der Waals surface area contributed by atoms with Gasteiger partial charge in [-0.3, -0.25) is 9.10 Å². The van der Waals surface area contributed by atoms with Crippen molar-refractivity contribution in [1.82, 2.24) is 5.32 Å². The van der Waals surface area contributed by atoms with Gasteiger partial charge in [-0.05, 0) is 55.8 Å². The fraction of sp³-hybridized carbons (Fsp3) is 0.240. The van der Waals surface area contributed by atoms with Crippen molar-refractivity contribution in [3.8, 4) is 11.5 Å². The maximum Gasteiger partial charge on any atom is 0.264 e. The van der Waals surface area contributed by atoms with E-state index in [1.807, 2.05) is 38.1 Å². The minimum atomic E-state index is -3.89. The molecule has 1 heterocycles. The van der Waals surface area contributed by atoms with Gasteiger partial charge in [0, 0.05) is 0 Å². The summed E-state index contributed by atoms with van der Waals surface area (Å²) in [5, 5.41) is 2.93. The molecule has 7 nitrogen and oxygen atoms in total. The Kier molecular flexibility index (Phi) is 6.29. The molecular weight excluding hydrogens is 440 g/mol. The van der Waals surface area contributed by atoms with E-state index in [4.69, 9.17) is 9.47 Å². The molecule has 172 valence electrons. The van der Waals surface area contributed by atoms with Crippen LogP contribution in [-0.4, -0.2) is 34.1 Å². The smallest absolute Gasteiger partial charge is 0.264 e. The molecule has 3 aromatic carbocycles. The van der Waals surface area contributed by atoms with Gasteiger partial charge in [0.15, 0.2) is 6.10 Å². The number of anilines is 1. The number of carbonyl (C=O) groups is 1. The third-order valence-electron chi connectivity index (χ3n) is 5.61. The van der Waals surface area contributed by atoms with Gasteiger partial charge in [-0.1, -0.05) is 42.0 Å². The maximum absolute atomic E-state index is 13.5. The summed E-state index contributed by atoms with van der Waals surface area (Å²) >= 11 is 0. The van der Waals surface area contributed by atoms with Crippen LogP contribution in [0.3, 0.4) is 0 Å². The first-order chi connectivity index (χ1) is 15.8. The average molecular weight is 467 g/mol. The van der Waals surface area contributed by atoms with Gasteiger partial charge in [-0.15, -0.1) is 0 Å². The van der Waals surface area contributed by atoms with Crippen LogP contribution in [0.1, 0.15) is 24.1 Å². The van der Waals surface area contributed by atoms with E-state index in [0.717, 1.165) is 16.9 Å². The predicted molar refractivity (Wildman–Crippen MR) is 126 cm³/mol. The summed E-state index contributed by atoms with van der Waals surface area (Å²) in [4.78, 5) is 13.2. The Hall–Kier alpha value is -3.52. The Morgan fingerprint density at radius 2 is 1.73 bits per heavy atom. The summed E-state index contributed by atoms with van der Waals surface area (Å²) in [5.74, 6) is 0.676. The number of sulfonamides is 1. The second kappa shape index (κ2) is 9.15. The number of nitrogens with one attached hydrogen (secondary N) is 1. The highest BCUT2D eigenvalue weighted by Crippen LogP contribution is 2.37. The number of amides is 1. The average Bonchev–Trinajstić information content (AvgIpc) is 2.83. The van der Waals surface area contributed by atoms with Gasteiger partial charge in [0.1, 0.15) is 11.5 Å². The van der Waals surface area contributed by atoms with E-state index in [1.165, 1.54) is 4.31 Å². The highest BCUT2D eigenvalue weighted by atomic mass is 32.2. The fourth-order valence-electron chi connectivity index (χ4n) is 3.69. The van der Waals surface area contributed by atoms with Crippen LogP contribution in [0, 0.1) is 6.92 Å². The standard InChI is InChI=1S/C25H26N2O5S/c1-17-8-14-21(15-9-17)33(29,30)27-16-24(32-23-7-5-4-6-22(23)27)25(28)26-18(2)19-10-12-20(31-3)13-11-19/h4-15,18,24H,16H2,1-3H3,(H,26,28). The molecule has 8 heteroatoms. The number of ether oxygens (including phenoxy) is 2. The van der Waals surface area contributed by atoms with Crippen molar-refractivity contribution in [2.24, 2.45) is 0 Å². The lowest BCUT2D eigenvalue weighted by molar-refractivity contribution is -0.128. The van der Waals surface area contributed by atoms with Crippen molar-refractivity contribution >= 4 is 21.6 Å². The Labute approximate surface area is 194 Å². The summed E-state index contributed by atoms with van der Waals surface area (Å²) in [5.41, 5.74) is 2.26. The topological polar surface area (TPSA) is 84.9 Å². The van der Waals surface area contributed by atoms with Gasteiger partial charge in [-0.2, -0.15) is 0 Å². The van der Waals surface area contributed by atoms with Gasteiger partial charge in [-0.25, -0.2) is 8.42 Å². The fourth-order valence-corrected chi connectivity index (χ4v) is 5.16. The number of rotatable bonds is 6. The van der Waals surface area contributed by atoms with Crippen molar-refractivity contribution < 1.29 is 22.7 Å². The Morgan fingerprint density at radius 1 is 1.06 bits per heavy atom. The molecule has 33 heavy (non-hydrogen) atoms. The Bertz CT molecular complexity index is 1240. The molecule has 0 spiro atoms. The molecule has 0 aliphatic carbocycles. The monoisotopic (exact) mass is 466 g/mol. The van der Waals surface area contributed by atoms with Crippen molar-refractivity contribution in [1.29, 1.82) is 0 Å². The molecule has 0 radical (unpaired) electrons. The minimum absolute atomic E-state index is 0.131. The van der Waals surface area contributed by atoms with E-state index < -0.39 is 22.0 Å². The van der Waals surface area contributed by atoms with E-state index in [0.29, 0.717) is 11.4 Å². The zero-order valence-corrected chi connectivity index (χ0v) is 19.5. The molecule has 1 aliphatic rings. The number of fused-ring (bicyclic) bond motifs is 1. The normalized spacial score (nSPS) is 16.3. The van der Waals surface area contributed by atoms with E-state index in [2.05, 4.69) is 5.32 Å². The van der Waals surface area contributed by atoms with Gasteiger partial charge in [0.2, 0.25) is 0 Å². The first-order valence-electron chi connectivity index (χ1n) is 10.6. The molecule has 4 rings (SSSR count). The number of nitrogens with zero attached hydrogens (tertiary/aromatic N) is 1. The summed E-state index contributed by atoms with van der Waals surface area (Å²) in [6, 6.07) is 20.6. The molecule has 1 aliphatic heterocycles. The molecule has 2 unspecified atom stereocenters. The number of hydrogen-bond donors (Lipinski definition) is 1. The molecule has 0 saturated heterocycles. The number of aryl methyl sites for hydroxylation is 1. The van der Waals surface area contributed by atoms with Crippen molar-refractivity contribution in [3.63, 3.8) is 0 Å². The van der Waals surface area contributed by atoms with Crippen LogP contribution in [0.25, 0.3) is 0 Å². The number of carbonyl (C=O) groups excluding carboxylic acids is 1. The highest BCUT2D eigenvalue weighted by Gasteiger charge is 2.37. The SMILES string of the molecule is COc1ccc(C(C)NC(=O)C2CN(S(=O)(=O)c3ccc(C)cc3)c3ccccc3O2)cc1. The number of para-hydroxylation sites is 2. The van der Waals surface area contributed by atoms with E-state index in [9.17, 15) is 13.2 Å². The molecule has 0 aromatic heterocycles. The second-order valence-electron chi connectivity index (χ2n) is 7.93. The third kappa shape index (κ3) is 4.66. The molecule has 3 aromatic rings.